The number of nitrogens with zero attached hydrogens (tertiary/aromatic N) is 1. The monoisotopic (exact) mass is 378 g/mol. The van der Waals surface area contributed by atoms with E-state index in [2.05, 4.69) is 26.2 Å². The summed E-state index contributed by atoms with van der Waals surface area (Å²) < 4.78 is 11.1. The second-order valence-corrected chi connectivity index (χ2v) is 6.13. The number of thioether (sulfide) groups is 1. The van der Waals surface area contributed by atoms with Crippen LogP contribution < -0.4 is 10.1 Å². The van der Waals surface area contributed by atoms with E-state index in [1.807, 2.05) is 24.3 Å². The van der Waals surface area contributed by atoms with Crippen LogP contribution in [0.2, 0.25) is 0 Å². The van der Waals surface area contributed by atoms with E-state index in [1.54, 1.807) is 25.3 Å². The van der Waals surface area contributed by atoms with Gasteiger partial charge >= 0.3 is 0 Å². The maximum absolute atomic E-state index is 11.9. The molecule has 22 heavy (non-hydrogen) atoms. The summed E-state index contributed by atoms with van der Waals surface area (Å²) >= 11 is 4.50. The van der Waals surface area contributed by atoms with Gasteiger partial charge in [0.2, 0.25) is 0 Å². The number of furan rings is 1. The number of carbonyl (C=O) groups is 1. The van der Waals surface area contributed by atoms with Crippen LogP contribution in [0.15, 0.2) is 55.4 Å². The number of methoxy groups -OCH3 is 1. The average Bonchev–Trinajstić information content (AvgIpc) is 3.06. The predicted octanol–water partition coefficient (Wildman–Crippen LogP) is 3.94. The van der Waals surface area contributed by atoms with Crippen LogP contribution in [0.25, 0.3) is 6.08 Å². The average molecular weight is 379 g/mol. The number of hydrogen-bond acceptors (Lipinski definition) is 5. The molecular weight excluding hydrogens is 368 g/mol. The Morgan fingerprint density at radius 1 is 1.27 bits per heavy atom. The number of ether oxygens (including phenoxy) is 1. The van der Waals surface area contributed by atoms with Crippen molar-refractivity contribution in [1.29, 1.82) is 0 Å². The van der Waals surface area contributed by atoms with Crippen LogP contribution in [0.4, 0.5) is 5.69 Å². The summed E-state index contributed by atoms with van der Waals surface area (Å²) in [5.41, 5.74) is 0.741. The Labute approximate surface area is 139 Å². The zero-order valence-corrected chi connectivity index (χ0v) is 13.9. The largest absolute Gasteiger partial charge is 0.497 e. The maximum atomic E-state index is 11.9. The molecule has 1 aromatic carbocycles. The third kappa shape index (κ3) is 3.42. The molecule has 2 aromatic rings. The Morgan fingerprint density at radius 2 is 2.05 bits per heavy atom. The van der Waals surface area contributed by atoms with Gasteiger partial charge in [0.1, 0.15) is 11.5 Å². The number of amides is 1. The lowest BCUT2D eigenvalue weighted by Gasteiger charge is -1.99. The summed E-state index contributed by atoms with van der Waals surface area (Å²) in [7, 11) is 1.61. The van der Waals surface area contributed by atoms with Crippen molar-refractivity contribution in [3.63, 3.8) is 0 Å². The highest BCUT2D eigenvalue weighted by molar-refractivity contribution is 9.10. The molecule has 7 heteroatoms. The topological polar surface area (TPSA) is 63.8 Å². The van der Waals surface area contributed by atoms with Crippen molar-refractivity contribution in [1.82, 2.24) is 5.32 Å². The first-order valence-corrected chi connectivity index (χ1v) is 7.94. The van der Waals surface area contributed by atoms with E-state index in [0.29, 0.717) is 20.5 Å². The quantitative estimate of drug-likeness (QED) is 0.821. The van der Waals surface area contributed by atoms with Gasteiger partial charge in [-0.15, -0.1) is 0 Å². The third-order valence-electron chi connectivity index (χ3n) is 2.82. The molecule has 0 bridgehead atoms. The minimum atomic E-state index is -0.190. The van der Waals surface area contributed by atoms with Gasteiger partial charge in [0, 0.05) is 6.08 Å². The van der Waals surface area contributed by atoms with Crippen molar-refractivity contribution < 1.29 is 13.9 Å². The molecule has 1 N–H and O–H groups in total. The van der Waals surface area contributed by atoms with Crippen LogP contribution in [0.5, 0.6) is 5.75 Å². The molecule has 0 radical (unpaired) electrons. The molecule has 0 unspecified atom stereocenters. The van der Waals surface area contributed by atoms with E-state index in [4.69, 9.17) is 9.15 Å². The smallest absolute Gasteiger partial charge is 0.264 e. The van der Waals surface area contributed by atoms with E-state index < -0.39 is 0 Å². The lowest BCUT2D eigenvalue weighted by atomic mass is 10.3. The van der Waals surface area contributed by atoms with Gasteiger partial charge in [-0.1, -0.05) is 0 Å². The number of hydrogen-bond donors (Lipinski definition) is 1. The molecule has 0 atom stereocenters. The molecule has 1 aliphatic rings. The SMILES string of the molecule is COc1ccc(N=C2NC(=O)/C(=C\c3ccc(Br)o3)S2)cc1. The minimum Gasteiger partial charge on any atom is -0.497 e. The van der Waals surface area contributed by atoms with E-state index in [-0.39, 0.29) is 5.91 Å². The van der Waals surface area contributed by atoms with Crippen molar-refractivity contribution in [2.75, 3.05) is 7.11 Å². The lowest BCUT2D eigenvalue weighted by molar-refractivity contribution is -0.115. The van der Waals surface area contributed by atoms with Gasteiger partial charge in [-0.2, -0.15) is 0 Å². The van der Waals surface area contributed by atoms with Gasteiger partial charge < -0.3 is 14.5 Å². The molecule has 0 saturated carbocycles. The van der Waals surface area contributed by atoms with Gasteiger partial charge in [-0.3, -0.25) is 4.79 Å². The Morgan fingerprint density at radius 3 is 2.68 bits per heavy atom. The summed E-state index contributed by atoms with van der Waals surface area (Å²) in [5, 5.41) is 3.26. The zero-order chi connectivity index (χ0) is 15.5. The predicted molar refractivity (Wildman–Crippen MR) is 90.2 cm³/mol. The fourth-order valence-electron chi connectivity index (χ4n) is 1.79. The normalized spacial score (nSPS) is 18.0. The van der Waals surface area contributed by atoms with E-state index >= 15 is 0 Å². The highest BCUT2D eigenvalue weighted by Crippen LogP contribution is 2.29. The van der Waals surface area contributed by atoms with Crippen LogP contribution in [-0.2, 0) is 4.79 Å². The van der Waals surface area contributed by atoms with Gasteiger partial charge in [0.15, 0.2) is 9.84 Å². The number of nitrogens with one attached hydrogen (secondary N) is 1. The lowest BCUT2D eigenvalue weighted by Crippen LogP contribution is -2.19. The molecule has 3 rings (SSSR count). The summed E-state index contributed by atoms with van der Waals surface area (Å²) in [6.07, 6.45) is 1.68. The Bertz CT molecular complexity index is 765. The third-order valence-corrected chi connectivity index (χ3v) is 4.16. The second kappa shape index (κ2) is 6.41. The first-order valence-electron chi connectivity index (χ1n) is 6.33. The van der Waals surface area contributed by atoms with Crippen molar-refractivity contribution in [2.45, 2.75) is 0 Å². The minimum absolute atomic E-state index is 0.190. The van der Waals surface area contributed by atoms with Crippen LogP contribution in [0, 0.1) is 0 Å². The summed E-state index contributed by atoms with van der Waals surface area (Å²) in [4.78, 5) is 16.9. The standard InChI is InChI=1S/C15H11BrN2O3S/c1-20-10-4-2-9(3-5-10)17-15-18-14(19)12(22-15)8-11-6-7-13(16)21-11/h2-8H,1H3,(H,17,18,19)/b12-8+. The van der Waals surface area contributed by atoms with Gasteiger partial charge in [-0.25, -0.2) is 4.99 Å². The Balaban J connectivity index is 1.78. The first kappa shape index (κ1) is 14.9. The van der Waals surface area contributed by atoms with Gasteiger partial charge in [0.05, 0.1) is 17.7 Å². The number of rotatable bonds is 3. The molecule has 1 saturated heterocycles. The molecule has 112 valence electrons. The number of aliphatic imine (C=N–C) groups is 1. The maximum Gasteiger partial charge on any atom is 0.264 e. The van der Waals surface area contributed by atoms with Crippen molar-refractivity contribution >= 4 is 50.5 Å². The van der Waals surface area contributed by atoms with Gasteiger partial charge in [0.25, 0.3) is 5.91 Å². The molecule has 1 fully saturated rings. The summed E-state index contributed by atoms with van der Waals surface area (Å²) in [6, 6.07) is 10.8. The van der Waals surface area contributed by atoms with E-state index in [9.17, 15) is 4.79 Å². The molecule has 1 amide bonds. The highest BCUT2D eigenvalue weighted by atomic mass is 79.9. The number of halogens is 1. The Kier molecular flexibility index (Phi) is 4.35. The molecule has 2 heterocycles. The number of carbonyl (C=O) groups excluding carboxylic acids is 1. The highest BCUT2D eigenvalue weighted by Gasteiger charge is 2.24. The second-order valence-electron chi connectivity index (χ2n) is 4.32. The molecule has 0 spiro atoms. The number of benzene rings is 1. The Hall–Kier alpha value is -1.99. The number of amidine groups is 1. The fourth-order valence-corrected chi connectivity index (χ4v) is 2.93. The van der Waals surface area contributed by atoms with Crippen molar-refractivity contribution in [2.24, 2.45) is 4.99 Å². The van der Waals surface area contributed by atoms with Gasteiger partial charge in [-0.05, 0) is 64.1 Å². The summed E-state index contributed by atoms with van der Waals surface area (Å²) in [5.74, 6) is 1.18. The molecule has 0 aliphatic carbocycles. The van der Waals surface area contributed by atoms with Crippen LogP contribution in [0.3, 0.4) is 0 Å². The molecule has 5 nitrogen and oxygen atoms in total. The summed E-state index contributed by atoms with van der Waals surface area (Å²) in [6.45, 7) is 0. The van der Waals surface area contributed by atoms with E-state index in [1.165, 1.54) is 11.8 Å². The molecular formula is C15H11BrN2O3S. The molecule has 1 aliphatic heterocycles. The first-order chi connectivity index (χ1) is 10.6. The fraction of sp³-hybridized carbons (Fsp3) is 0.0667. The van der Waals surface area contributed by atoms with Crippen LogP contribution in [-0.4, -0.2) is 18.2 Å². The van der Waals surface area contributed by atoms with Crippen LogP contribution in [0.1, 0.15) is 5.76 Å². The molecule has 1 aromatic heterocycles. The van der Waals surface area contributed by atoms with Crippen molar-refractivity contribution in [3.8, 4) is 5.75 Å². The van der Waals surface area contributed by atoms with Crippen LogP contribution >= 0.6 is 27.7 Å². The zero-order valence-electron chi connectivity index (χ0n) is 11.5. The van der Waals surface area contributed by atoms with Crippen molar-refractivity contribution in [3.05, 3.63) is 51.7 Å². The van der Waals surface area contributed by atoms with E-state index in [0.717, 1.165) is 11.4 Å².